The summed E-state index contributed by atoms with van der Waals surface area (Å²) in [5.74, 6) is 0.798. The molecule has 7 heteroatoms. The maximum Gasteiger partial charge on any atom is 0.243 e. The summed E-state index contributed by atoms with van der Waals surface area (Å²) in [6, 6.07) is 0.422. The summed E-state index contributed by atoms with van der Waals surface area (Å²) < 4.78 is 6.01. The normalized spacial score (nSPS) is 33.9. The van der Waals surface area contributed by atoms with Crippen molar-refractivity contribution in [3.63, 3.8) is 0 Å². The highest BCUT2D eigenvalue weighted by Gasteiger charge is 2.39. The molecule has 188 valence electrons. The van der Waals surface area contributed by atoms with Crippen molar-refractivity contribution in [1.29, 1.82) is 0 Å². The van der Waals surface area contributed by atoms with Gasteiger partial charge in [-0.1, -0.05) is 19.3 Å². The first-order valence-corrected chi connectivity index (χ1v) is 13.7. The highest BCUT2D eigenvalue weighted by Crippen LogP contribution is 2.30. The van der Waals surface area contributed by atoms with Crippen LogP contribution in [0, 0.1) is 5.92 Å². The van der Waals surface area contributed by atoms with Crippen LogP contribution in [-0.2, 0) is 14.3 Å². The summed E-state index contributed by atoms with van der Waals surface area (Å²) in [5, 5.41) is 3.28. The number of carbonyl (C=O) groups is 2. The van der Waals surface area contributed by atoms with E-state index in [1.807, 2.05) is 4.90 Å². The summed E-state index contributed by atoms with van der Waals surface area (Å²) in [7, 11) is 0. The van der Waals surface area contributed by atoms with E-state index >= 15 is 0 Å². The van der Waals surface area contributed by atoms with Gasteiger partial charge in [-0.15, -0.1) is 0 Å². The third-order valence-electron chi connectivity index (χ3n) is 8.60. The minimum atomic E-state index is -0.366. The summed E-state index contributed by atoms with van der Waals surface area (Å²) in [5.41, 5.74) is 6.05. The van der Waals surface area contributed by atoms with Crippen LogP contribution in [0.25, 0.3) is 0 Å². The van der Waals surface area contributed by atoms with Crippen molar-refractivity contribution in [2.75, 3.05) is 26.2 Å². The van der Waals surface area contributed by atoms with Gasteiger partial charge in [0.15, 0.2) is 0 Å². The molecule has 2 aliphatic heterocycles. The molecule has 2 amide bonds. The number of piperidine rings is 1. The second-order valence-corrected chi connectivity index (χ2v) is 11.1. The standard InChI is InChI=1S/C26H46N4O3/c1-19(31)30-14-13-23(16-25(30)26(32)28-22-11-9-21(27)10-12-22)29(18-24-8-5-15-33-24)17-20-6-3-2-4-7-20/h20-25H,2-18,27H2,1H3,(H,28,32)/t21?,22?,23?,24?,25-/m1/s1. The molecular formula is C26H46N4O3. The van der Waals surface area contributed by atoms with Crippen LogP contribution in [0.3, 0.4) is 0 Å². The Labute approximate surface area is 200 Å². The van der Waals surface area contributed by atoms with Crippen LogP contribution in [0.4, 0.5) is 0 Å². The zero-order valence-corrected chi connectivity index (χ0v) is 20.7. The van der Waals surface area contributed by atoms with Gasteiger partial charge in [-0.3, -0.25) is 14.5 Å². The van der Waals surface area contributed by atoms with E-state index in [2.05, 4.69) is 10.2 Å². The molecule has 33 heavy (non-hydrogen) atoms. The lowest BCUT2D eigenvalue weighted by molar-refractivity contribution is -0.143. The number of amides is 2. The predicted octanol–water partition coefficient (Wildman–Crippen LogP) is 2.81. The SMILES string of the molecule is CC(=O)N1CCC(N(CC2CCCCC2)CC2CCCO2)C[C@@H]1C(=O)NC1CCC(N)CC1. The van der Waals surface area contributed by atoms with Crippen molar-refractivity contribution in [3.8, 4) is 0 Å². The van der Waals surface area contributed by atoms with Gasteiger partial charge >= 0.3 is 0 Å². The second kappa shape index (κ2) is 12.0. The van der Waals surface area contributed by atoms with E-state index < -0.39 is 0 Å². The Hall–Kier alpha value is -1.18. The summed E-state index contributed by atoms with van der Waals surface area (Å²) in [4.78, 5) is 30.3. The minimum absolute atomic E-state index is 0.0113. The van der Waals surface area contributed by atoms with E-state index in [1.165, 1.54) is 32.1 Å². The fourth-order valence-electron chi connectivity index (χ4n) is 6.59. The molecular weight excluding hydrogens is 416 g/mol. The number of rotatable bonds is 7. The second-order valence-electron chi connectivity index (χ2n) is 11.1. The number of ether oxygens (including phenoxy) is 1. The average Bonchev–Trinajstić information content (AvgIpc) is 3.33. The molecule has 3 N–H and O–H groups in total. The molecule has 2 aliphatic carbocycles. The zero-order valence-electron chi connectivity index (χ0n) is 20.7. The largest absolute Gasteiger partial charge is 0.377 e. The number of likely N-dealkylation sites (tertiary alicyclic amines) is 1. The third kappa shape index (κ3) is 6.92. The van der Waals surface area contributed by atoms with Crippen LogP contribution in [-0.4, -0.2) is 78.1 Å². The number of nitrogens with two attached hydrogens (primary N) is 1. The fourth-order valence-corrected chi connectivity index (χ4v) is 6.59. The highest BCUT2D eigenvalue weighted by atomic mass is 16.5. The monoisotopic (exact) mass is 462 g/mol. The first-order valence-electron chi connectivity index (χ1n) is 13.7. The number of hydrogen-bond acceptors (Lipinski definition) is 5. The smallest absolute Gasteiger partial charge is 0.243 e. The van der Waals surface area contributed by atoms with Crippen LogP contribution in [0.1, 0.15) is 90.4 Å². The first kappa shape index (κ1) is 24.9. The van der Waals surface area contributed by atoms with E-state index in [1.54, 1.807) is 6.92 Å². The lowest BCUT2D eigenvalue weighted by atomic mass is 9.87. The number of carbonyl (C=O) groups excluding carboxylic acids is 2. The highest BCUT2D eigenvalue weighted by molar-refractivity contribution is 5.87. The molecule has 0 aromatic carbocycles. The molecule has 4 fully saturated rings. The Morgan fingerprint density at radius 1 is 0.970 bits per heavy atom. The van der Waals surface area contributed by atoms with Crippen LogP contribution in [0.5, 0.6) is 0 Å². The molecule has 2 heterocycles. The van der Waals surface area contributed by atoms with Gasteiger partial charge < -0.3 is 20.7 Å². The van der Waals surface area contributed by atoms with E-state index in [0.717, 1.165) is 77.0 Å². The molecule has 2 saturated heterocycles. The van der Waals surface area contributed by atoms with Crippen molar-refractivity contribution in [2.24, 2.45) is 11.7 Å². The molecule has 7 nitrogen and oxygen atoms in total. The fraction of sp³-hybridized carbons (Fsp3) is 0.923. The van der Waals surface area contributed by atoms with Crippen molar-refractivity contribution >= 4 is 11.8 Å². The summed E-state index contributed by atoms with van der Waals surface area (Å²) >= 11 is 0. The Bertz CT molecular complexity index is 639. The van der Waals surface area contributed by atoms with Crippen molar-refractivity contribution < 1.29 is 14.3 Å². The molecule has 4 aliphatic rings. The Kier molecular flexibility index (Phi) is 9.05. The van der Waals surface area contributed by atoms with Crippen LogP contribution < -0.4 is 11.1 Å². The molecule has 0 spiro atoms. The Balaban J connectivity index is 1.42. The van der Waals surface area contributed by atoms with Gasteiger partial charge in [0, 0.05) is 51.3 Å². The molecule has 4 rings (SSSR count). The lowest BCUT2D eigenvalue weighted by Gasteiger charge is -2.44. The van der Waals surface area contributed by atoms with Gasteiger partial charge in [0.25, 0.3) is 0 Å². The minimum Gasteiger partial charge on any atom is -0.377 e. The maximum atomic E-state index is 13.4. The van der Waals surface area contributed by atoms with Gasteiger partial charge in [-0.05, 0) is 70.1 Å². The maximum absolute atomic E-state index is 13.4. The van der Waals surface area contributed by atoms with Crippen molar-refractivity contribution in [1.82, 2.24) is 15.1 Å². The topological polar surface area (TPSA) is 87.9 Å². The van der Waals surface area contributed by atoms with E-state index in [4.69, 9.17) is 10.5 Å². The van der Waals surface area contributed by atoms with Gasteiger partial charge in [-0.2, -0.15) is 0 Å². The van der Waals surface area contributed by atoms with Gasteiger partial charge in [0.05, 0.1) is 6.10 Å². The number of hydrogen-bond donors (Lipinski definition) is 2. The Morgan fingerprint density at radius 3 is 2.39 bits per heavy atom. The summed E-state index contributed by atoms with van der Waals surface area (Å²) in [6.45, 7) is 5.23. The van der Waals surface area contributed by atoms with Gasteiger partial charge in [-0.25, -0.2) is 0 Å². The molecule has 0 radical (unpaired) electrons. The summed E-state index contributed by atoms with van der Waals surface area (Å²) in [6.07, 6.45) is 14.8. The molecule has 0 bridgehead atoms. The van der Waals surface area contributed by atoms with Crippen molar-refractivity contribution in [3.05, 3.63) is 0 Å². The lowest BCUT2D eigenvalue weighted by Crippen LogP contribution is -2.59. The number of nitrogens with one attached hydrogen (secondary N) is 1. The molecule has 0 aromatic rings. The van der Waals surface area contributed by atoms with Crippen LogP contribution in [0.15, 0.2) is 0 Å². The van der Waals surface area contributed by atoms with Crippen LogP contribution in [0.2, 0.25) is 0 Å². The van der Waals surface area contributed by atoms with E-state index in [-0.39, 0.29) is 29.9 Å². The Morgan fingerprint density at radius 2 is 1.73 bits per heavy atom. The molecule has 3 atom stereocenters. The predicted molar refractivity (Wildman–Crippen MR) is 130 cm³/mol. The van der Waals surface area contributed by atoms with Crippen molar-refractivity contribution in [2.45, 2.75) is 121 Å². The quantitative estimate of drug-likeness (QED) is 0.607. The van der Waals surface area contributed by atoms with Gasteiger partial charge in [0.2, 0.25) is 11.8 Å². The third-order valence-corrected chi connectivity index (χ3v) is 8.60. The average molecular weight is 463 g/mol. The molecule has 2 saturated carbocycles. The van der Waals surface area contributed by atoms with E-state index in [0.29, 0.717) is 18.7 Å². The van der Waals surface area contributed by atoms with Gasteiger partial charge in [0.1, 0.15) is 6.04 Å². The number of nitrogens with zero attached hydrogens (tertiary/aromatic N) is 2. The molecule has 2 unspecified atom stereocenters. The zero-order chi connectivity index (χ0) is 23.2. The van der Waals surface area contributed by atoms with Crippen LogP contribution >= 0.6 is 0 Å². The first-order chi connectivity index (χ1) is 16.0. The molecule has 0 aromatic heterocycles. The van der Waals surface area contributed by atoms with E-state index in [9.17, 15) is 9.59 Å².